The number of aryl methyl sites for hydroxylation is 1. The zero-order chi connectivity index (χ0) is 15.1. The molecule has 0 radical (unpaired) electrons. The Kier molecular flexibility index (Phi) is 3.51. The normalized spacial score (nSPS) is 13.0. The summed E-state index contributed by atoms with van der Waals surface area (Å²) >= 11 is 0. The molecule has 0 aliphatic rings. The second kappa shape index (κ2) is 4.75. The van der Waals surface area contributed by atoms with Crippen molar-refractivity contribution >= 4 is 27.0 Å². The van der Waals surface area contributed by atoms with Crippen LogP contribution < -0.4 is 10.5 Å². The maximum Gasteiger partial charge on any atom is 0.209 e. The summed E-state index contributed by atoms with van der Waals surface area (Å²) in [5, 5.41) is 0. The molecular weight excluding hydrogens is 276 g/mol. The van der Waals surface area contributed by atoms with Gasteiger partial charge in [0, 0.05) is 12.1 Å². The Hall–Kier alpha value is -1.60. The van der Waals surface area contributed by atoms with Crippen LogP contribution in [0, 0.1) is 6.92 Å². The van der Waals surface area contributed by atoms with Crippen LogP contribution in [-0.4, -0.2) is 29.8 Å². The van der Waals surface area contributed by atoms with E-state index in [0.717, 1.165) is 22.9 Å². The Morgan fingerprint density at radius 3 is 2.65 bits per heavy atom. The van der Waals surface area contributed by atoms with Gasteiger partial charge in [-0.2, -0.15) is 0 Å². The molecule has 110 valence electrons. The number of rotatable bonds is 4. The topological polar surface area (TPSA) is 90.0 Å². The van der Waals surface area contributed by atoms with Gasteiger partial charge in [0.15, 0.2) is 0 Å². The van der Waals surface area contributed by atoms with Crippen molar-refractivity contribution in [3.8, 4) is 0 Å². The molecule has 0 aliphatic heterocycles. The quantitative estimate of drug-likeness (QED) is 0.888. The number of sulfonamides is 1. The first kappa shape index (κ1) is 14.8. The molecule has 0 fully saturated rings. The van der Waals surface area contributed by atoms with Crippen LogP contribution in [0.1, 0.15) is 19.4 Å². The van der Waals surface area contributed by atoms with Crippen molar-refractivity contribution < 1.29 is 8.42 Å². The standard InChI is InChI=1S/C13H20N4O2S/c1-9-5-6-10-11(7-9)17(12(14)15-10)8-13(2,3)16-20(4,18)19/h5-7,16H,8H2,1-4H3,(H2,14,15). The van der Waals surface area contributed by atoms with Crippen LogP contribution in [-0.2, 0) is 16.6 Å². The molecule has 1 aromatic carbocycles. The lowest BCUT2D eigenvalue weighted by molar-refractivity contribution is 0.398. The van der Waals surface area contributed by atoms with Gasteiger partial charge in [0.1, 0.15) is 0 Å². The first-order valence-corrected chi connectivity index (χ1v) is 8.18. The summed E-state index contributed by atoms with van der Waals surface area (Å²) in [5.74, 6) is 0.383. The highest BCUT2D eigenvalue weighted by Gasteiger charge is 2.24. The minimum absolute atomic E-state index is 0.383. The van der Waals surface area contributed by atoms with E-state index < -0.39 is 15.6 Å². The SMILES string of the molecule is Cc1ccc2nc(N)n(CC(C)(C)NS(C)(=O)=O)c2c1. The highest BCUT2D eigenvalue weighted by atomic mass is 32.2. The molecule has 0 saturated heterocycles. The molecule has 0 aliphatic carbocycles. The fraction of sp³-hybridized carbons (Fsp3) is 0.462. The smallest absolute Gasteiger partial charge is 0.209 e. The molecule has 0 saturated carbocycles. The van der Waals surface area contributed by atoms with E-state index in [-0.39, 0.29) is 0 Å². The lowest BCUT2D eigenvalue weighted by Gasteiger charge is -2.26. The Balaban J connectivity index is 2.43. The van der Waals surface area contributed by atoms with Crippen molar-refractivity contribution in [2.24, 2.45) is 0 Å². The summed E-state index contributed by atoms with van der Waals surface area (Å²) in [4.78, 5) is 4.30. The minimum Gasteiger partial charge on any atom is -0.369 e. The fourth-order valence-corrected chi connectivity index (χ4v) is 3.42. The van der Waals surface area contributed by atoms with E-state index in [4.69, 9.17) is 5.73 Å². The molecule has 0 unspecified atom stereocenters. The third kappa shape index (κ3) is 3.29. The number of imidazole rings is 1. The Morgan fingerprint density at radius 1 is 1.40 bits per heavy atom. The lowest BCUT2D eigenvalue weighted by Crippen LogP contribution is -2.46. The summed E-state index contributed by atoms with van der Waals surface area (Å²) in [7, 11) is -3.28. The number of nitrogens with one attached hydrogen (secondary N) is 1. The highest BCUT2D eigenvalue weighted by molar-refractivity contribution is 7.88. The fourth-order valence-electron chi connectivity index (χ4n) is 2.35. The van der Waals surface area contributed by atoms with Crippen LogP contribution in [0.4, 0.5) is 5.95 Å². The van der Waals surface area contributed by atoms with Gasteiger partial charge < -0.3 is 10.3 Å². The number of benzene rings is 1. The number of aromatic nitrogens is 2. The van der Waals surface area contributed by atoms with Crippen LogP contribution in [0.2, 0.25) is 0 Å². The summed E-state index contributed by atoms with van der Waals surface area (Å²) in [5.41, 5.74) is 8.12. The van der Waals surface area contributed by atoms with E-state index in [1.165, 1.54) is 0 Å². The summed E-state index contributed by atoms with van der Waals surface area (Å²) in [6.45, 7) is 6.03. The molecule has 0 amide bonds. The number of nitrogens with two attached hydrogens (primary N) is 1. The maximum atomic E-state index is 11.4. The van der Waals surface area contributed by atoms with Gasteiger partial charge in [-0.05, 0) is 38.5 Å². The molecule has 1 aromatic heterocycles. The predicted molar refractivity (Wildman–Crippen MR) is 80.9 cm³/mol. The van der Waals surface area contributed by atoms with Gasteiger partial charge in [-0.1, -0.05) is 6.07 Å². The van der Waals surface area contributed by atoms with Crippen LogP contribution in [0.3, 0.4) is 0 Å². The number of anilines is 1. The van der Waals surface area contributed by atoms with Crippen molar-refractivity contribution in [1.82, 2.24) is 14.3 Å². The third-order valence-electron chi connectivity index (χ3n) is 2.95. The molecule has 6 nitrogen and oxygen atoms in total. The van der Waals surface area contributed by atoms with Crippen molar-refractivity contribution in [3.05, 3.63) is 23.8 Å². The van der Waals surface area contributed by atoms with Crippen LogP contribution >= 0.6 is 0 Å². The number of nitrogen functional groups attached to an aromatic ring is 1. The molecule has 1 heterocycles. The van der Waals surface area contributed by atoms with E-state index in [1.54, 1.807) is 0 Å². The van der Waals surface area contributed by atoms with E-state index in [9.17, 15) is 8.42 Å². The zero-order valence-corrected chi connectivity index (χ0v) is 13.0. The average molecular weight is 296 g/mol. The number of hydrogen-bond donors (Lipinski definition) is 2. The Morgan fingerprint density at radius 2 is 2.05 bits per heavy atom. The molecule has 7 heteroatoms. The van der Waals surface area contributed by atoms with Crippen molar-refractivity contribution in [1.29, 1.82) is 0 Å². The molecule has 2 aromatic rings. The van der Waals surface area contributed by atoms with Gasteiger partial charge >= 0.3 is 0 Å². The zero-order valence-electron chi connectivity index (χ0n) is 12.1. The van der Waals surface area contributed by atoms with Gasteiger partial charge in [0.05, 0.1) is 17.3 Å². The number of hydrogen-bond acceptors (Lipinski definition) is 4. The largest absolute Gasteiger partial charge is 0.369 e. The van der Waals surface area contributed by atoms with Gasteiger partial charge in [0.2, 0.25) is 16.0 Å². The van der Waals surface area contributed by atoms with Gasteiger partial charge in [-0.25, -0.2) is 18.1 Å². The van der Waals surface area contributed by atoms with Crippen molar-refractivity contribution in [2.45, 2.75) is 32.9 Å². The summed E-state index contributed by atoms with van der Waals surface area (Å²) in [6.07, 6.45) is 1.15. The number of fused-ring (bicyclic) bond motifs is 1. The first-order chi connectivity index (χ1) is 9.07. The lowest BCUT2D eigenvalue weighted by atomic mass is 10.1. The Bertz CT molecular complexity index is 747. The second-order valence-electron chi connectivity index (χ2n) is 5.81. The van der Waals surface area contributed by atoms with Crippen molar-refractivity contribution in [2.75, 3.05) is 12.0 Å². The van der Waals surface area contributed by atoms with Gasteiger partial charge in [-0.3, -0.25) is 0 Å². The van der Waals surface area contributed by atoms with Crippen molar-refractivity contribution in [3.63, 3.8) is 0 Å². The van der Waals surface area contributed by atoms with Gasteiger partial charge in [-0.15, -0.1) is 0 Å². The van der Waals surface area contributed by atoms with E-state index >= 15 is 0 Å². The molecule has 0 atom stereocenters. The highest BCUT2D eigenvalue weighted by Crippen LogP contribution is 2.22. The molecule has 2 rings (SSSR count). The predicted octanol–water partition coefficient (Wildman–Crippen LogP) is 1.25. The monoisotopic (exact) mass is 296 g/mol. The Labute approximate surface area is 119 Å². The number of nitrogens with zero attached hydrogens (tertiary/aromatic N) is 2. The second-order valence-corrected chi connectivity index (χ2v) is 7.55. The molecule has 3 N–H and O–H groups in total. The minimum atomic E-state index is -3.28. The van der Waals surface area contributed by atoms with E-state index in [0.29, 0.717) is 12.5 Å². The summed E-state index contributed by atoms with van der Waals surface area (Å²) < 4.78 is 27.3. The molecular formula is C13H20N4O2S. The van der Waals surface area contributed by atoms with Crippen LogP contribution in [0.15, 0.2) is 18.2 Å². The van der Waals surface area contributed by atoms with Crippen LogP contribution in [0.25, 0.3) is 11.0 Å². The molecule has 20 heavy (non-hydrogen) atoms. The van der Waals surface area contributed by atoms with E-state index in [2.05, 4.69) is 9.71 Å². The van der Waals surface area contributed by atoms with Crippen LogP contribution in [0.5, 0.6) is 0 Å². The molecule has 0 spiro atoms. The summed E-state index contributed by atoms with van der Waals surface area (Å²) in [6, 6.07) is 5.88. The first-order valence-electron chi connectivity index (χ1n) is 6.29. The average Bonchev–Trinajstić information content (AvgIpc) is 2.52. The van der Waals surface area contributed by atoms with E-state index in [1.807, 2.05) is 43.5 Å². The third-order valence-corrected chi connectivity index (χ3v) is 3.87. The maximum absolute atomic E-state index is 11.4. The molecule has 0 bridgehead atoms. The van der Waals surface area contributed by atoms with Gasteiger partial charge in [0.25, 0.3) is 0 Å².